The fraction of sp³-hybridized carbons (Fsp3) is 0.571. The second-order valence-corrected chi connectivity index (χ2v) is 5.80. The van der Waals surface area contributed by atoms with Crippen molar-refractivity contribution >= 4 is 0 Å². The standard InChI is InChI=1S/C14H23N/c1-13(2,11-15)10-14(3,4)12-8-6-5-7-9-12/h5-9H,10-11,15H2,1-4H3. The molecule has 0 aliphatic heterocycles. The third-order valence-corrected chi connectivity index (χ3v) is 3.03. The number of hydrogen-bond donors (Lipinski definition) is 1. The van der Waals surface area contributed by atoms with Crippen LogP contribution in [0.1, 0.15) is 39.7 Å². The van der Waals surface area contributed by atoms with Crippen LogP contribution in [0.25, 0.3) is 0 Å². The second-order valence-electron chi connectivity index (χ2n) is 5.80. The van der Waals surface area contributed by atoms with E-state index < -0.39 is 0 Å². The zero-order valence-electron chi connectivity index (χ0n) is 10.4. The van der Waals surface area contributed by atoms with E-state index in [1.54, 1.807) is 0 Å². The molecule has 0 atom stereocenters. The molecular weight excluding hydrogens is 182 g/mol. The molecule has 1 aromatic rings. The summed E-state index contributed by atoms with van der Waals surface area (Å²) in [5.41, 5.74) is 7.59. The largest absolute Gasteiger partial charge is 0.330 e. The minimum Gasteiger partial charge on any atom is -0.330 e. The predicted molar refractivity (Wildman–Crippen MR) is 66.9 cm³/mol. The van der Waals surface area contributed by atoms with Gasteiger partial charge in [-0.1, -0.05) is 58.0 Å². The van der Waals surface area contributed by atoms with E-state index in [-0.39, 0.29) is 10.8 Å². The highest BCUT2D eigenvalue weighted by Gasteiger charge is 2.28. The molecule has 1 rings (SSSR count). The number of benzene rings is 1. The van der Waals surface area contributed by atoms with E-state index in [0.29, 0.717) is 0 Å². The molecule has 0 fully saturated rings. The Morgan fingerprint density at radius 2 is 1.53 bits per heavy atom. The first-order valence-corrected chi connectivity index (χ1v) is 5.63. The zero-order chi connectivity index (χ0) is 11.5. The van der Waals surface area contributed by atoms with Crippen LogP contribution in [-0.2, 0) is 5.41 Å². The van der Waals surface area contributed by atoms with Crippen molar-refractivity contribution in [2.45, 2.75) is 39.5 Å². The molecule has 1 nitrogen and oxygen atoms in total. The molecule has 0 aliphatic rings. The van der Waals surface area contributed by atoms with Crippen LogP contribution in [0, 0.1) is 5.41 Å². The lowest BCUT2D eigenvalue weighted by molar-refractivity contribution is 0.266. The van der Waals surface area contributed by atoms with Crippen LogP contribution < -0.4 is 5.73 Å². The van der Waals surface area contributed by atoms with Crippen molar-refractivity contribution in [3.05, 3.63) is 35.9 Å². The quantitative estimate of drug-likeness (QED) is 0.801. The molecule has 0 heterocycles. The van der Waals surface area contributed by atoms with Crippen molar-refractivity contribution in [1.29, 1.82) is 0 Å². The van der Waals surface area contributed by atoms with E-state index in [0.717, 1.165) is 13.0 Å². The number of rotatable bonds is 4. The molecule has 0 aliphatic carbocycles. The lowest BCUT2D eigenvalue weighted by Crippen LogP contribution is -2.32. The first-order valence-electron chi connectivity index (χ1n) is 5.63. The zero-order valence-corrected chi connectivity index (χ0v) is 10.4. The van der Waals surface area contributed by atoms with Gasteiger partial charge in [0.1, 0.15) is 0 Å². The molecule has 15 heavy (non-hydrogen) atoms. The van der Waals surface area contributed by atoms with Crippen molar-refractivity contribution in [1.82, 2.24) is 0 Å². The smallest absolute Gasteiger partial charge is 0.00255 e. The third kappa shape index (κ3) is 3.35. The maximum atomic E-state index is 5.79. The summed E-state index contributed by atoms with van der Waals surface area (Å²) in [6.45, 7) is 9.79. The maximum Gasteiger partial charge on any atom is -0.00255 e. The number of nitrogens with two attached hydrogens (primary N) is 1. The summed E-state index contributed by atoms with van der Waals surface area (Å²) in [6, 6.07) is 10.7. The van der Waals surface area contributed by atoms with Crippen molar-refractivity contribution in [2.75, 3.05) is 6.54 Å². The highest BCUT2D eigenvalue weighted by atomic mass is 14.6. The van der Waals surface area contributed by atoms with E-state index >= 15 is 0 Å². The fourth-order valence-corrected chi connectivity index (χ4v) is 2.26. The Hall–Kier alpha value is -0.820. The first kappa shape index (κ1) is 12.3. The van der Waals surface area contributed by atoms with E-state index in [1.807, 2.05) is 0 Å². The van der Waals surface area contributed by atoms with Gasteiger partial charge in [-0.3, -0.25) is 0 Å². The van der Waals surface area contributed by atoms with Gasteiger partial charge in [0.15, 0.2) is 0 Å². The van der Waals surface area contributed by atoms with Gasteiger partial charge in [-0.15, -0.1) is 0 Å². The van der Waals surface area contributed by atoms with E-state index in [4.69, 9.17) is 5.73 Å². The van der Waals surface area contributed by atoms with E-state index in [1.165, 1.54) is 5.56 Å². The van der Waals surface area contributed by atoms with Gasteiger partial charge in [0, 0.05) is 0 Å². The van der Waals surface area contributed by atoms with E-state index in [2.05, 4.69) is 58.0 Å². The van der Waals surface area contributed by atoms with Crippen LogP contribution in [0.2, 0.25) is 0 Å². The minimum absolute atomic E-state index is 0.199. The number of hydrogen-bond acceptors (Lipinski definition) is 1. The van der Waals surface area contributed by atoms with Crippen molar-refractivity contribution in [3.8, 4) is 0 Å². The normalized spacial score (nSPS) is 12.9. The van der Waals surface area contributed by atoms with Gasteiger partial charge in [-0.25, -0.2) is 0 Å². The van der Waals surface area contributed by atoms with Gasteiger partial charge in [0.05, 0.1) is 0 Å². The third-order valence-electron chi connectivity index (χ3n) is 3.03. The highest BCUT2D eigenvalue weighted by molar-refractivity contribution is 5.23. The average molecular weight is 205 g/mol. The SMILES string of the molecule is CC(C)(CN)CC(C)(C)c1ccccc1. The summed E-state index contributed by atoms with van der Waals surface area (Å²) in [6.07, 6.45) is 1.11. The molecular formula is C14H23N. The van der Waals surface area contributed by atoms with Gasteiger partial charge in [0.2, 0.25) is 0 Å². The van der Waals surface area contributed by atoms with Crippen LogP contribution in [-0.4, -0.2) is 6.54 Å². The summed E-state index contributed by atoms with van der Waals surface area (Å²) in [5.74, 6) is 0. The average Bonchev–Trinajstić information content (AvgIpc) is 2.18. The van der Waals surface area contributed by atoms with Crippen molar-refractivity contribution < 1.29 is 0 Å². The Kier molecular flexibility index (Phi) is 3.56. The van der Waals surface area contributed by atoms with Crippen LogP contribution in [0.5, 0.6) is 0 Å². The molecule has 0 unspecified atom stereocenters. The van der Waals surface area contributed by atoms with Gasteiger partial charge in [-0.05, 0) is 29.4 Å². The summed E-state index contributed by atoms with van der Waals surface area (Å²) >= 11 is 0. The maximum absolute atomic E-state index is 5.79. The molecule has 0 amide bonds. The first-order chi connectivity index (χ1) is 6.87. The molecule has 0 aromatic heterocycles. The van der Waals surface area contributed by atoms with Crippen LogP contribution in [0.3, 0.4) is 0 Å². The molecule has 0 bridgehead atoms. The van der Waals surface area contributed by atoms with Crippen molar-refractivity contribution in [2.24, 2.45) is 11.1 Å². The molecule has 84 valence electrons. The van der Waals surface area contributed by atoms with Crippen molar-refractivity contribution in [3.63, 3.8) is 0 Å². The Morgan fingerprint density at radius 3 is 2.00 bits per heavy atom. The predicted octanol–water partition coefficient (Wildman–Crippen LogP) is 3.34. The van der Waals surface area contributed by atoms with E-state index in [9.17, 15) is 0 Å². The molecule has 0 radical (unpaired) electrons. The lowest BCUT2D eigenvalue weighted by Gasteiger charge is -2.34. The Morgan fingerprint density at radius 1 is 1.00 bits per heavy atom. The van der Waals surface area contributed by atoms with Crippen LogP contribution in [0.15, 0.2) is 30.3 Å². The Balaban J connectivity index is 2.85. The van der Waals surface area contributed by atoms with Gasteiger partial charge in [0.25, 0.3) is 0 Å². The van der Waals surface area contributed by atoms with Crippen LogP contribution >= 0.6 is 0 Å². The van der Waals surface area contributed by atoms with Gasteiger partial charge < -0.3 is 5.73 Å². The molecule has 0 saturated heterocycles. The topological polar surface area (TPSA) is 26.0 Å². The summed E-state index contributed by atoms with van der Waals surface area (Å²) in [5, 5.41) is 0. The molecule has 0 spiro atoms. The monoisotopic (exact) mass is 205 g/mol. The molecule has 1 heteroatoms. The Bertz CT molecular complexity index is 298. The fourth-order valence-electron chi connectivity index (χ4n) is 2.26. The summed E-state index contributed by atoms with van der Waals surface area (Å²) < 4.78 is 0. The molecule has 1 aromatic carbocycles. The summed E-state index contributed by atoms with van der Waals surface area (Å²) in [4.78, 5) is 0. The highest BCUT2D eigenvalue weighted by Crippen LogP contribution is 2.35. The Labute approximate surface area is 93.7 Å². The molecule has 2 N–H and O–H groups in total. The van der Waals surface area contributed by atoms with Gasteiger partial charge in [-0.2, -0.15) is 0 Å². The van der Waals surface area contributed by atoms with Crippen LogP contribution in [0.4, 0.5) is 0 Å². The molecule has 0 saturated carbocycles. The lowest BCUT2D eigenvalue weighted by atomic mass is 9.71. The minimum atomic E-state index is 0.199. The van der Waals surface area contributed by atoms with Gasteiger partial charge >= 0.3 is 0 Å². The second kappa shape index (κ2) is 4.36. The summed E-state index contributed by atoms with van der Waals surface area (Å²) in [7, 11) is 0.